The molecule has 29 heavy (non-hydrogen) atoms. The Labute approximate surface area is 176 Å². The molecule has 1 heterocycles. The molecule has 3 N–H and O–H groups in total. The molecule has 0 aliphatic carbocycles. The van der Waals surface area contributed by atoms with Crippen molar-refractivity contribution < 1.29 is 14.3 Å². The lowest BCUT2D eigenvalue weighted by Gasteiger charge is -2.21. The number of nitrogens with zero attached hydrogens (tertiary/aromatic N) is 2. The standard InChI is InChI=1S/C21H24N4O3.ClH/c1-14-13-16(20(22)23)6-9-18(14)25-12-11-24(21(25)27)17-7-3-15(4-8-17)5-10-19(26)28-2;/h3-4,6-9,13H,5,10-12H2,1-2H3,(H3,22,23);1H. The molecule has 1 aliphatic rings. The number of carbonyl (C=O) groups excluding carboxylic acids is 2. The Kier molecular flexibility index (Phi) is 7.23. The van der Waals surface area contributed by atoms with Gasteiger partial charge < -0.3 is 10.5 Å². The summed E-state index contributed by atoms with van der Waals surface area (Å²) in [6.45, 7) is 3.09. The van der Waals surface area contributed by atoms with Crippen molar-refractivity contribution in [2.24, 2.45) is 5.73 Å². The Hall–Kier alpha value is -3.06. The van der Waals surface area contributed by atoms with Gasteiger partial charge in [-0.3, -0.25) is 20.0 Å². The maximum absolute atomic E-state index is 12.9. The predicted octanol–water partition coefficient (Wildman–Crippen LogP) is 3.25. The number of halogens is 1. The summed E-state index contributed by atoms with van der Waals surface area (Å²) in [5.74, 6) is -0.225. The topological polar surface area (TPSA) is 99.7 Å². The van der Waals surface area contributed by atoms with Gasteiger partial charge in [-0.2, -0.15) is 0 Å². The predicted molar refractivity (Wildman–Crippen MR) is 116 cm³/mol. The van der Waals surface area contributed by atoms with Crippen LogP contribution in [0.4, 0.5) is 16.2 Å². The first-order valence-corrected chi connectivity index (χ1v) is 9.10. The molecular formula is C21H25ClN4O3. The number of ether oxygens (including phenoxy) is 1. The van der Waals surface area contributed by atoms with Crippen molar-refractivity contribution in [1.82, 2.24) is 0 Å². The van der Waals surface area contributed by atoms with Crippen LogP contribution >= 0.6 is 12.4 Å². The van der Waals surface area contributed by atoms with Gasteiger partial charge in [-0.05, 0) is 54.8 Å². The van der Waals surface area contributed by atoms with Crippen LogP contribution in [-0.2, 0) is 16.0 Å². The summed E-state index contributed by atoms with van der Waals surface area (Å²) >= 11 is 0. The number of hydrogen-bond donors (Lipinski definition) is 2. The van der Waals surface area contributed by atoms with Gasteiger partial charge in [-0.15, -0.1) is 12.4 Å². The normalized spacial score (nSPS) is 13.2. The first kappa shape index (κ1) is 22.2. The van der Waals surface area contributed by atoms with Crippen molar-refractivity contribution in [2.75, 3.05) is 30.0 Å². The molecule has 0 bridgehead atoms. The monoisotopic (exact) mass is 416 g/mol. The summed E-state index contributed by atoms with van der Waals surface area (Å²) in [5.41, 5.74) is 9.76. The van der Waals surface area contributed by atoms with E-state index in [0.717, 1.165) is 22.5 Å². The zero-order valence-electron chi connectivity index (χ0n) is 16.5. The molecule has 0 saturated carbocycles. The van der Waals surface area contributed by atoms with Crippen LogP contribution in [0.1, 0.15) is 23.1 Å². The minimum atomic E-state index is -0.236. The molecule has 0 atom stereocenters. The van der Waals surface area contributed by atoms with Crippen molar-refractivity contribution in [3.63, 3.8) is 0 Å². The van der Waals surface area contributed by atoms with E-state index in [1.807, 2.05) is 43.3 Å². The quantitative estimate of drug-likeness (QED) is 0.429. The smallest absolute Gasteiger partial charge is 0.329 e. The molecule has 2 amide bonds. The Bertz CT molecular complexity index is 915. The second-order valence-electron chi connectivity index (χ2n) is 6.74. The fourth-order valence-electron chi connectivity index (χ4n) is 3.32. The number of rotatable bonds is 6. The molecule has 0 aromatic heterocycles. The van der Waals surface area contributed by atoms with Gasteiger partial charge >= 0.3 is 12.0 Å². The molecule has 2 aromatic rings. The zero-order valence-corrected chi connectivity index (χ0v) is 17.3. The molecule has 0 spiro atoms. The molecule has 0 radical (unpaired) electrons. The van der Waals surface area contributed by atoms with Gasteiger partial charge in [0.25, 0.3) is 0 Å². The van der Waals surface area contributed by atoms with Gasteiger partial charge in [0.1, 0.15) is 5.84 Å². The molecule has 7 nitrogen and oxygen atoms in total. The fraction of sp³-hybridized carbons (Fsp3) is 0.286. The number of carbonyl (C=O) groups is 2. The van der Waals surface area contributed by atoms with E-state index in [1.54, 1.807) is 15.9 Å². The number of nitrogens with one attached hydrogen (secondary N) is 1. The summed E-state index contributed by atoms with van der Waals surface area (Å²) in [7, 11) is 1.38. The van der Waals surface area contributed by atoms with E-state index in [1.165, 1.54) is 7.11 Å². The first-order chi connectivity index (χ1) is 13.4. The SMILES string of the molecule is COC(=O)CCc1ccc(N2CCN(c3ccc(C(=N)N)cc3C)C2=O)cc1.Cl. The molecule has 8 heteroatoms. The number of amidine groups is 1. The van der Waals surface area contributed by atoms with Crippen LogP contribution in [0.5, 0.6) is 0 Å². The summed E-state index contributed by atoms with van der Waals surface area (Å²) < 4.78 is 4.66. The maximum atomic E-state index is 12.9. The Morgan fingerprint density at radius 3 is 2.38 bits per heavy atom. The maximum Gasteiger partial charge on any atom is 0.329 e. The van der Waals surface area contributed by atoms with Crippen LogP contribution in [0.15, 0.2) is 42.5 Å². The largest absolute Gasteiger partial charge is 0.469 e. The van der Waals surface area contributed by atoms with Crippen LogP contribution in [0.25, 0.3) is 0 Å². The van der Waals surface area contributed by atoms with Crippen LogP contribution in [0.2, 0.25) is 0 Å². The lowest BCUT2D eigenvalue weighted by molar-refractivity contribution is -0.140. The number of nitrogens with two attached hydrogens (primary N) is 1. The lowest BCUT2D eigenvalue weighted by Crippen LogP contribution is -2.32. The summed E-state index contributed by atoms with van der Waals surface area (Å²) in [6, 6.07) is 13.0. The van der Waals surface area contributed by atoms with E-state index in [-0.39, 0.29) is 30.2 Å². The molecule has 3 rings (SSSR count). The Morgan fingerprint density at radius 1 is 1.14 bits per heavy atom. The van der Waals surface area contributed by atoms with Crippen molar-refractivity contribution in [1.29, 1.82) is 5.41 Å². The Morgan fingerprint density at radius 2 is 1.79 bits per heavy atom. The highest BCUT2D eigenvalue weighted by molar-refractivity contribution is 6.07. The molecule has 2 aromatic carbocycles. The highest BCUT2D eigenvalue weighted by Crippen LogP contribution is 2.28. The summed E-state index contributed by atoms with van der Waals surface area (Å²) in [5, 5.41) is 7.54. The summed E-state index contributed by atoms with van der Waals surface area (Å²) in [4.78, 5) is 27.7. The number of esters is 1. The second kappa shape index (κ2) is 9.43. The average Bonchev–Trinajstić information content (AvgIpc) is 3.07. The van der Waals surface area contributed by atoms with Gasteiger partial charge in [-0.25, -0.2) is 4.79 Å². The number of urea groups is 1. The van der Waals surface area contributed by atoms with E-state index in [4.69, 9.17) is 11.1 Å². The zero-order chi connectivity index (χ0) is 20.3. The molecule has 0 unspecified atom stereocenters. The Balaban J connectivity index is 0.00000300. The van der Waals surface area contributed by atoms with E-state index >= 15 is 0 Å². The number of aryl methyl sites for hydroxylation is 2. The van der Waals surface area contributed by atoms with Crippen molar-refractivity contribution in [3.8, 4) is 0 Å². The second-order valence-corrected chi connectivity index (χ2v) is 6.74. The number of anilines is 2. The van der Waals surface area contributed by atoms with Crippen molar-refractivity contribution in [2.45, 2.75) is 19.8 Å². The molecular weight excluding hydrogens is 392 g/mol. The van der Waals surface area contributed by atoms with Gasteiger partial charge in [0.15, 0.2) is 0 Å². The van der Waals surface area contributed by atoms with E-state index in [9.17, 15) is 9.59 Å². The third kappa shape index (κ3) is 4.86. The highest BCUT2D eigenvalue weighted by Gasteiger charge is 2.31. The van der Waals surface area contributed by atoms with Gasteiger partial charge in [0.05, 0.1) is 7.11 Å². The molecule has 154 valence electrons. The van der Waals surface area contributed by atoms with E-state index in [0.29, 0.717) is 31.5 Å². The highest BCUT2D eigenvalue weighted by atomic mass is 35.5. The summed E-state index contributed by atoms with van der Waals surface area (Å²) in [6.07, 6.45) is 0.941. The van der Waals surface area contributed by atoms with Gasteiger partial charge in [0, 0.05) is 36.4 Å². The number of nitrogen functional groups attached to an aromatic ring is 1. The van der Waals surface area contributed by atoms with Gasteiger partial charge in [-0.1, -0.05) is 12.1 Å². The number of benzene rings is 2. The van der Waals surface area contributed by atoms with Crippen LogP contribution < -0.4 is 15.5 Å². The molecule has 1 aliphatic heterocycles. The van der Waals surface area contributed by atoms with Crippen molar-refractivity contribution in [3.05, 3.63) is 59.2 Å². The van der Waals surface area contributed by atoms with Crippen LogP contribution in [0.3, 0.4) is 0 Å². The number of methoxy groups -OCH3 is 1. The minimum Gasteiger partial charge on any atom is -0.469 e. The van der Waals surface area contributed by atoms with Crippen LogP contribution in [0, 0.1) is 12.3 Å². The first-order valence-electron chi connectivity index (χ1n) is 9.10. The number of amides is 2. The van der Waals surface area contributed by atoms with Crippen molar-refractivity contribution >= 4 is 41.6 Å². The molecule has 1 saturated heterocycles. The number of hydrogen-bond acceptors (Lipinski definition) is 4. The third-order valence-corrected chi connectivity index (χ3v) is 4.90. The lowest BCUT2D eigenvalue weighted by atomic mass is 10.1. The van der Waals surface area contributed by atoms with E-state index in [2.05, 4.69) is 4.74 Å². The minimum absolute atomic E-state index is 0. The average molecular weight is 417 g/mol. The van der Waals surface area contributed by atoms with E-state index < -0.39 is 0 Å². The molecule has 1 fully saturated rings. The third-order valence-electron chi connectivity index (χ3n) is 4.90. The fourth-order valence-corrected chi connectivity index (χ4v) is 3.32. The van der Waals surface area contributed by atoms with Gasteiger partial charge in [0.2, 0.25) is 0 Å². The van der Waals surface area contributed by atoms with Crippen LogP contribution in [-0.4, -0.2) is 38.0 Å².